The van der Waals surface area contributed by atoms with Gasteiger partial charge in [-0.3, -0.25) is 19.6 Å². The Balaban J connectivity index is 1.56. The minimum Gasteiger partial charge on any atom is -0.490 e. The van der Waals surface area contributed by atoms with E-state index in [0.29, 0.717) is 24.1 Å². The van der Waals surface area contributed by atoms with Gasteiger partial charge in [-0.1, -0.05) is 38.1 Å². The van der Waals surface area contributed by atoms with Gasteiger partial charge in [0.15, 0.2) is 5.78 Å². The number of allylic oxidation sites excluding steroid dienone is 2. The number of para-hydroxylation sites is 1. The Hall–Kier alpha value is -3.28. The number of carbonyl (C=O) groups excluding carboxylic acids is 2. The zero-order valence-corrected chi connectivity index (χ0v) is 18.7. The summed E-state index contributed by atoms with van der Waals surface area (Å²) in [4.78, 5) is 35.4. The van der Waals surface area contributed by atoms with Gasteiger partial charge in [-0.15, -0.1) is 0 Å². The number of ketones is 1. The smallest absolute Gasteiger partial charge is 0.315 e. The molecule has 2 aliphatic rings. The monoisotopic (exact) mass is 432 g/mol. The van der Waals surface area contributed by atoms with Gasteiger partial charge in [-0.05, 0) is 42.5 Å². The Bertz CT molecular complexity index is 1060. The summed E-state index contributed by atoms with van der Waals surface area (Å²) in [5, 5.41) is 0. The molecule has 166 valence electrons. The topological polar surface area (TPSA) is 77.9 Å². The van der Waals surface area contributed by atoms with Gasteiger partial charge in [-0.25, -0.2) is 0 Å². The van der Waals surface area contributed by atoms with E-state index in [-0.39, 0.29) is 24.4 Å². The van der Waals surface area contributed by atoms with Crippen LogP contribution in [0.4, 0.5) is 0 Å². The molecule has 1 aromatic carbocycles. The van der Waals surface area contributed by atoms with Gasteiger partial charge in [-0.2, -0.15) is 0 Å². The number of benzene rings is 1. The molecule has 0 fully saturated rings. The molecule has 1 aliphatic carbocycles. The van der Waals surface area contributed by atoms with Crippen LogP contribution in [0.15, 0.2) is 71.1 Å². The third-order valence-corrected chi connectivity index (χ3v) is 5.94. The minimum atomic E-state index is -0.667. The fourth-order valence-electron chi connectivity index (χ4n) is 4.58. The van der Waals surface area contributed by atoms with Crippen LogP contribution in [0.1, 0.15) is 45.1 Å². The van der Waals surface area contributed by atoms with E-state index < -0.39 is 17.8 Å². The zero-order chi connectivity index (χ0) is 22.7. The van der Waals surface area contributed by atoms with Crippen molar-refractivity contribution in [2.24, 2.45) is 16.3 Å². The van der Waals surface area contributed by atoms with E-state index in [1.165, 1.54) is 0 Å². The van der Waals surface area contributed by atoms with E-state index in [1.807, 2.05) is 49.4 Å². The first-order valence-electron chi connectivity index (χ1n) is 10.9. The second-order valence-electron chi connectivity index (χ2n) is 9.13. The van der Waals surface area contributed by atoms with Crippen molar-refractivity contribution in [1.29, 1.82) is 0 Å². The number of ether oxygens (including phenoxy) is 2. The lowest BCUT2D eigenvalue weighted by Crippen LogP contribution is -2.39. The average molecular weight is 433 g/mol. The molecule has 0 saturated carbocycles. The molecule has 0 saturated heterocycles. The SMILES string of the molecule is CC1=NC2=C(C(=O)CC(C)(C)C2)[C@H](c2cccnc2)C1C(=O)OCCOc1ccccc1. The number of hydrogen-bond donors (Lipinski definition) is 0. The number of nitrogens with zero attached hydrogens (tertiary/aromatic N) is 2. The fraction of sp³-hybridized carbons (Fsp3) is 0.385. The van der Waals surface area contributed by atoms with Crippen LogP contribution in [0.2, 0.25) is 0 Å². The molecule has 2 atom stereocenters. The Labute approximate surface area is 188 Å². The van der Waals surface area contributed by atoms with Crippen molar-refractivity contribution in [1.82, 2.24) is 4.98 Å². The lowest BCUT2D eigenvalue weighted by molar-refractivity contribution is -0.147. The summed E-state index contributed by atoms with van der Waals surface area (Å²) in [6, 6.07) is 13.1. The highest BCUT2D eigenvalue weighted by Crippen LogP contribution is 2.47. The van der Waals surface area contributed by atoms with E-state index in [0.717, 1.165) is 17.0 Å². The quantitative estimate of drug-likeness (QED) is 0.495. The van der Waals surface area contributed by atoms with Crippen LogP contribution in [0.3, 0.4) is 0 Å². The molecule has 1 aromatic heterocycles. The molecule has 0 amide bonds. The molecule has 2 heterocycles. The van der Waals surface area contributed by atoms with Crippen molar-refractivity contribution in [2.75, 3.05) is 13.2 Å². The van der Waals surface area contributed by atoms with E-state index in [1.54, 1.807) is 12.4 Å². The van der Waals surface area contributed by atoms with Crippen LogP contribution in [0.5, 0.6) is 5.75 Å². The number of rotatable bonds is 6. The first kappa shape index (κ1) is 21.9. The largest absolute Gasteiger partial charge is 0.490 e. The normalized spacial score (nSPS) is 22.1. The molecule has 32 heavy (non-hydrogen) atoms. The predicted octanol–water partition coefficient (Wildman–Crippen LogP) is 4.52. The summed E-state index contributed by atoms with van der Waals surface area (Å²) in [5.41, 5.74) is 2.75. The van der Waals surface area contributed by atoms with Crippen molar-refractivity contribution < 1.29 is 19.1 Å². The summed E-state index contributed by atoms with van der Waals surface area (Å²) in [5.74, 6) is -0.743. The van der Waals surface area contributed by atoms with E-state index in [2.05, 4.69) is 18.8 Å². The van der Waals surface area contributed by atoms with Crippen molar-refractivity contribution >= 4 is 17.5 Å². The third-order valence-electron chi connectivity index (χ3n) is 5.94. The maximum atomic E-state index is 13.2. The van der Waals surface area contributed by atoms with Gasteiger partial charge in [0.2, 0.25) is 0 Å². The fourth-order valence-corrected chi connectivity index (χ4v) is 4.58. The molecule has 0 radical (unpaired) electrons. The summed E-state index contributed by atoms with van der Waals surface area (Å²) >= 11 is 0. The van der Waals surface area contributed by atoms with Crippen LogP contribution in [0.25, 0.3) is 0 Å². The van der Waals surface area contributed by atoms with Gasteiger partial charge in [0.05, 0.1) is 0 Å². The van der Waals surface area contributed by atoms with Crippen molar-refractivity contribution in [3.05, 3.63) is 71.7 Å². The van der Waals surface area contributed by atoms with Crippen LogP contribution in [-0.2, 0) is 14.3 Å². The van der Waals surface area contributed by atoms with E-state index in [4.69, 9.17) is 14.5 Å². The van der Waals surface area contributed by atoms with E-state index in [9.17, 15) is 9.59 Å². The molecule has 2 aromatic rings. The highest BCUT2D eigenvalue weighted by Gasteiger charge is 2.46. The molecule has 1 aliphatic heterocycles. The first-order valence-corrected chi connectivity index (χ1v) is 10.9. The Morgan fingerprint density at radius 2 is 1.88 bits per heavy atom. The van der Waals surface area contributed by atoms with Crippen LogP contribution in [0, 0.1) is 11.3 Å². The molecule has 1 unspecified atom stereocenters. The van der Waals surface area contributed by atoms with Gasteiger partial charge in [0.1, 0.15) is 24.9 Å². The molecular formula is C26H28N2O4. The summed E-state index contributed by atoms with van der Waals surface area (Å²) in [6.07, 6.45) is 4.54. The highest BCUT2D eigenvalue weighted by atomic mass is 16.6. The Morgan fingerprint density at radius 3 is 2.59 bits per heavy atom. The molecule has 4 rings (SSSR count). The number of aliphatic imine (C=N–C) groups is 1. The standard InChI is InChI=1S/C26H28N2O4/c1-17-22(25(30)32-13-12-31-19-9-5-4-6-10-19)23(18-8-7-11-27-16-18)24-20(28-17)14-26(2,3)15-21(24)29/h4-11,16,22-23H,12-15H2,1-3H3/t22?,23-/m1/s1. The number of hydrogen-bond acceptors (Lipinski definition) is 6. The molecule has 0 N–H and O–H groups in total. The van der Waals surface area contributed by atoms with Crippen molar-refractivity contribution in [3.8, 4) is 5.75 Å². The second kappa shape index (κ2) is 9.07. The maximum Gasteiger partial charge on any atom is 0.315 e. The summed E-state index contributed by atoms with van der Waals surface area (Å²) in [7, 11) is 0. The predicted molar refractivity (Wildman–Crippen MR) is 122 cm³/mol. The number of carbonyl (C=O) groups is 2. The second-order valence-corrected chi connectivity index (χ2v) is 9.13. The van der Waals surface area contributed by atoms with Gasteiger partial charge in [0, 0.05) is 41.7 Å². The van der Waals surface area contributed by atoms with Crippen LogP contribution < -0.4 is 4.74 Å². The number of pyridine rings is 1. The Kier molecular flexibility index (Phi) is 6.21. The van der Waals surface area contributed by atoms with Crippen molar-refractivity contribution in [2.45, 2.75) is 39.5 Å². The average Bonchev–Trinajstić information content (AvgIpc) is 2.76. The molecule has 6 nitrogen and oxygen atoms in total. The highest BCUT2D eigenvalue weighted by molar-refractivity contribution is 6.09. The van der Waals surface area contributed by atoms with Gasteiger partial charge < -0.3 is 9.47 Å². The molecular weight excluding hydrogens is 404 g/mol. The van der Waals surface area contributed by atoms with Crippen LogP contribution in [-0.4, -0.2) is 35.7 Å². The number of aromatic nitrogens is 1. The number of esters is 1. The molecule has 0 spiro atoms. The number of Topliss-reactive ketones (excluding diaryl/α,β-unsaturated/α-hetero) is 1. The zero-order valence-electron chi connectivity index (χ0n) is 18.7. The molecule has 0 bridgehead atoms. The van der Waals surface area contributed by atoms with Crippen molar-refractivity contribution in [3.63, 3.8) is 0 Å². The maximum absolute atomic E-state index is 13.2. The van der Waals surface area contributed by atoms with Crippen LogP contribution >= 0.6 is 0 Å². The third kappa shape index (κ3) is 4.64. The molecule has 6 heteroatoms. The summed E-state index contributed by atoms with van der Waals surface area (Å²) in [6.45, 7) is 6.35. The minimum absolute atomic E-state index is 0.0477. The van der Waals surface area contributed by atoms with Gasteiger partial charge in [0.25, 0.3) is 0 Å². The lowest BCUT2D eigenvalue weighted by Gasteiger charge is -2.38. The lowest BCUT2D eigenvalue weighted by atomic mass is 9.67. The van der Waals surface area contributed by atoms with Gasteiger partial charge >= 0.3 is 5.97 Å². The Morgan fingerprint density at radius 1 is 1.09 bits per heavy atom. The first-order chi connectivity index (χ1) is 15.4. The van der Waals surface area contributed by atoms with E-state index >= 15 is 0 Å². The summed E-state index contributed by atoms with van der Waals surface area (Å²) < 4.78 is 11.2.